The standard InChI is InChI=1S/C12H20ClN3O/c1-9(5-6-13)15-10-11(17)16(8-7-14-10)12(2,3)4/h7-9H,5-6H2,1-4H3,(H,14,15). The highest BCUT2D eigenvalue weighted by molar-refractivity contribution is 6.17. The minimum absolute atomic E-state index is 0.0959. The Bertz CT molecular complexity index is 422. The van der Waals surface area contributed by atoms with Crippen LogP contribution in [-0.2, 0) is 5.54 Å². The summed E-state index contributed by atoms with van der Waals surface area (Å²) < 4.78 is 1.68. The van der Waals surface area contributed by atoms with Crippen LogP contribution in [0.5, 0.6) is 0 Å². The highest BCUT2D eigenvalue weighted by atomic mass is 35.5. The van der Waals surface area contributed by atoms with Gasteiger partial charge in [-0.1, -0.05) is 0 Å². The molecule has 0 saturated carbocycles. The molecule has 0 spiro atoms. The van der Waals surface area contributed by atoms with Crippen LogP contribution < -0.4 is 10.9 Å². The average molecular weight is 258 g/mol. The first-order chi connectivity index (χ1) is 7.86. The lowest BCUT2D eigenvalue weighted by Gasteiger charge is -2.23. The van der Waals surface area contributed by atoms with Crippen LogP contribution in [0.1, 0.15) is 34.1 Å². The lowest BCUT2D eigenvalue weighted by Crippen LogP contribution is -2.36. The number of aromatic nitrogens is 2. The third-order valence-electron chi connectivity index (χ3n) is 2.49. The highest BCUT2D eigenvalue weighted by Crippen LogP contribution is 2.11. The zero-order valence-corrected chi connectivity index (χ0v) is 11.6. The third kappa shape index (κ3) is 3.73. The van der Waals surface area contributed by atoms with Crippen LogP contribution in [0.15, 0.2) is 17.2 Å². The Hall–Kier alpha value is -1.03. The van der Waals surface area contributed by atoms with E-state index < -0.39 is 0 Å². The monoisotopic (exact) mass is 257 g/mol. The van der Waals surface area contributed by atoms with Gasteiger partial charge in [-0.05, 0) is 34.1 Å². The second kappa shape index (κ2) is 5.54. The molecular formula is C12H20ClN3O. The number of hydrogen-bond donors (Lipinski definition) is 1. The summed E-state index contributed by atoms with van der Waals surface area (Å²) >= 11 is 5.66. The first-order valence-electron chi connectivity index (χ1n) is 5.77. The quantitative estimate of drug-likeness (QED) is 0.843. The zero-order valence-electron chi connectivity index (χ0n) is 10.8. The zero-order chi connectivity index (χ0) is 13.1. The first kappa shape index (κ1) is 14.0. The van der Waals surface area contributed by atoms with E-state index in [1.807, 2.05) is 27.7 Å². The fourth-order valence-electron chi connectivity index (χ4n) is 1.51. The highest BCUT2D eigenvalue weighted by Gasteiger charge is 2.17. The van der Waals surface area contributed by atoms with Crippen molar-refractivity contribution >= 4 is 17.4 Å². The van der Waals surface area contributed by atoms with E-state index in [1.54, 1.807) is 17.0 Å². The molecule has 0 radical (unpaired) electrons. The number of rotatable bonds is 4. The van der Waals surface area contributed by atoms with Crippen LogP contribution in [0.25, 0.3) is 0 Å². The van der Waals surface area contributed by atoms with E-state index in [-0.39, 0.29) is 17.1 Å². The Balaban J connectivity index is 3.00. The smallest absolute Gasteiger partial charge is 0.293 e. The SMILES string of the molecule is CC(CCCl)Nc1nccn(C(C)(C)C)c1=O. The van der Waals surface area contributed by atoms with Gasteiger partial charge in [0.1, 0.15) is 0 Å². The largest absolute Gasteiger partial charge is 0.363 e. The predicted octanol–water partition coefficient (Wildman–Crippen LogP) is 2.43. The second-order valence-electron chi connectivity index (χ2n) is 5.14. The molecular weight excluding hydrogens is 238 g/mol. The van der Waals surface area contributed by atoms with Crippen LogP contribution >= 0.6 is 11.6 Å². The van der Waals surface area contributed by atoms with Gasteiger partial charge in [0.05, 0.1) is 0 Å². The molecule has 96 valence electrons. The molecule has 5 heteroatoms. The van der Waals surface area contributed by atoms with Crippen LogP contribution in [-0.4, -0.2) is 21.5 Å². The summed E-state index contributed by atoms with van der Waals surface area (Å²) in [5.74, 6) is 0.953. The summed E-state index contributed by atoms with van der Waals surface area (Å²) in [6, 6.07) is 0.142. The Labute approximate surface area is 107 Å². The normalized spacial score (nSPS) is 13.5. The van der Waals surface area contributed by atoms with Crippen molar-refractivity contribution in [2.75, 3.05) is 11.2 Å². The molecule has 1 unspecified atom stereocenters. The third-order valence-corrected chi connectivity index (χ3v) is 2.71. The van der Waals surface area contributed by atoms with Crippen molar-refractivity contribution in [2.45, 2.75) is 45.7 Å². The maximum Gasteiger partial charge on any atom is 0.293 e. The maximum absolute atomic E-state index is 12.2. The van der Waals surface area contributed by atoms with E-state index in [4.69, 9.17) is 11.6 Å². The van der Waals surface area contributed by atoms with E-state index in [9.17, 15) is 4.79 Å². The number of nitrogens with zero attached hydrogens (tertiary/aromatic N) is 2. The number of nitrogens with one attached hydrogen (secondary N) is 1. The summed E-state index contributed by atoms with van der Waals surface area (Å²) in [7, 11) is 0. The minimum atomic E-state index is -0.244. The molecule has 0 amide bonds. The number of anilines is 1. The average Bonchev–Trinajstić information content (AvgIpc) is 2.19. The number of hydrogen-bond acceptors (Lipinski definition) is 3. The molecule has 1 rings (SSSR count). The van der Waals surface area contributed by atoms with Gasteiger partial charge in [-0.15, -0.1) is 11.6 Å². The van der Waals surface area contributed by atoms with E-state index in [0.717, 1.165) is 6.42 Å². The van der Waals surface area contributed by atoms with Crippen LogP contribution in [0.3, 0.4) is 0 Å². The Morgan fingerprint density at radius 1 is 1.53 bits per heavy atom. The Morgan fingerprint density at radius 3 is 2.71 bits per heavy atom. The second-order valence-corrected chi connectivity index (χ2v) is 5.52. The molecule has 0 aliphatic carbocycles. The predicted molar refractivity (Wildman–Crippen MR) is 71.9 cm³/mol. The molecule has 17 heavy (non-hydrogen) atoms. The van der Waals surface area contributed by atoms with Gasteiger partial charge in [0.15, 0.2) is 5.82 Å². The fraction of sp³-hybridized carbons (Fsp3) is 0.667. The van der Waals surface area contributed by atoms with Gasteiger partial charge in [0.2, 0.25) is 0 Å². The van der Waals surface area contributed by atoms with Crippen molar-refractivity contribution in [1.29, 1.82) is 0 Å². The minimum Gasteiger partial charge on any atom is -0.363 e. The Kier molecular flexibility index (Phi) is 4.57. The molecule has 4 nitrogen and oxygen atoms in total. The van der Waals surface area contributed by atoms with Gasteiger partial charge >= 0.3 is 0 Å². The molecule has 1 atom stereocenters. The molecule has 1 heterocycles. The summed E-state index contributed by atoms with van der Waals surface area (Å²) in [5.41, 5.74) is -0.340. The lowest BCUT2D eigenvalue weighted by atomic mass is 10.1. The van der Waals surface area contributed by atoms with Crippen molar-refractivity contribution in [1.82, 2.24) is 9.55 Å². The van der Waals surface area contributed by atoms with Gasteiger partial charge in [-0.3, -0.25) is 4.79 Å². The molecule has 1 aromatic rings. The van der Waals surface area contributed by atoms with Crippen LogP contribution in [0.2, 0.25) is 0 Å². The van der Waals surface area contributed by atoms with Gasteiger partial charge in [0.25, 0.3) is 5.56 Å². The number of halogens is 1. The molecule has 0 aliphatic rings. The molecule has 0 saturated heterocycles. The van der Waals surface area contributed by atoms with Crippen molar-refractivity contribution in [3.63, 3.8) is 0 Å². The molecule has 0 aliphatic heterocycles. The lowest BCUT2D eigenvalue weighted by molar-refractivity contribution is 0.383. The van der Waals surface area contributed by atoms with Crippen molar-refractivity contribution in [2.24, 2.45) is 0 Å². The van der Waals surface area contributed by atoms with Crippen LogP contribution in [0.4, 0.5) is 5.82 Å². The summed E-state index contributed by atoms with van der Waals surface area (Å²) in [4.78, 5) is 16.2. The fourth-order valence-corrected chi connectivity index (χ4v) is 1.84. The van der Waals surface area contributed by atoms with Crippen molar-refractivity contribution in [3.05, 3.63) is 22.7 Å². The molecule has 0 aromatic carbocycles. The topological polar surface area (TPSA) is 46.9 Å². The van der Waals surface area contributed by atoms with E-state index in [2.05, 4.69) is 10.3 Å². The van der Waals surface area contributed by atoms with Crippen molar-refractivity contribution < 1.29 is 0 Å². The summed E-state index contributed by atoms with van der Waals surface area (Å²) in [6.45, 7) is 7.94. The van der Waals surface area contributed by atoms with Gasteiger partial charge in [0, 0.05) is 29.9 Å². The van der Waals surface area contributed by atoms with E-state index >= 15 is 0 Å². The molecule has 0 bridgehead atoms. The van der Waals surface area contributed by atoms with E-state index in [0.29, 0.717) is 11.7 Å². The molecule has 1 N–H and O–H groups in total. The Morgan fingerprint density at radius 2 is 2.18 bits per heavy atom. The summed E-state index contributed by atoms with van der Waals surface area (Å²) in [5, 5.41) is 3.09. The first-order valence-corrected chi connectivity index (χ1v) is 6.30. The van der Waals surface area contributed by atoms with Crippen LogP contribution in [0, 0.1) is 0 Å². The van der Waals surface area contributed by atoms with E-state index in [1.165, 1.54) is 0 Å². The van der Waals surface area contributed by atoms with Gasteiger partial charge in [-0.25, -0.2) is 4.98 Å². The summed E-state index contributed by atoms with van der Waals surface area (Å²) in [6.07, 6.45) is 4.15. The van der Waals surface area contributed by atoms with Crippen molar-refractivity contribution in [3.8, 4) is 0 Å². The van der Waals surface area contributed by atoms with Gasteiger partial charge in [-0.2, -0.15) is 0 Å². The molecule has 0 fully saturated rings. The van der Waals surface area contributed by atoms with Gasteiger partial charge < -0.3 is 9.88 Å². The number of alkyl halides is 1. The maximum atomic E-state index is 12.2. The molecule has 1 aromatic heterocycles.